The lowest BCUT2D eigenvalue weighted by molar-refractivity contribution is -0.140. The van der Waals surface area contributed by atoms with E-state index in [1.165, 1.54) is 18.0 Å². The van der Waals surface area contributed by atoms with Crippen LogP contribution in [0.5, 0.6) is 11.5 Å². The largest absolute Gasteiger partial charge is 0.454 e. The summed E-state index contributed by atoms with van der Waals surface area (Å²) in [6, 6.07) is 10.8. The number of hydrogen-bond acceptors (Lipinski definition) is 6. The van der Waals surface area contributed by atoms with Crippen LogP contribution in [0.25, 0.3) is 0 Å². The molecule has 0 fully saturated rings. The van der Waals surface area contributed by atoms with E-state index in [9.17, 15) is 18.0 Å². The highest BCUT2D eigenvalue weighted by atomic mass is 35.5. The first-order valence-electron chi connectivity index (χ1n) is 10.3. The Kier molecular flexibility index (Phi) is 7.70. The van der Waals surface area contributed by atoms with E-state index in [1.807, 2.05) is 0 Å². The van der Waals surface area contributed by atoms with Crippen molar-refractivity contribution in [3.63, 3.8) is 0 Å². The SMILES string of the molecule is CC[C@H](C(=O)NC)N(Cc1ccc(Cl)cc1)C(=O)CN(c1ccc2c(c1)OCO2)S(C)(=O)=O. The van der Waals surface area contributed by atoms with Gasteiger partial charge in [0.1, 0.15) is 12.6 Å². The third-order valence-electron chi connectivity index (χ3n) is 5.22. The fraction of sp³-hybridized carbons (Fsp3) is 0.364. The Labute approximate surface area is 198 Å². The number of sulfonamides is 1. The van der Waals surface area contributed by atoms with Gasteiger partial charge >= 0.3 is 0 Å². The van der Waals surface area contributed by atoms with E-state index in [1.54, 1.807) is 43.3 Å². The first-order valence-corrected chi connectivity index (χ1v) is 12.5. The lowest BCUT2D eigenvalue weighted by atomic mass is 10.1. The second kappa shape index (κ2) is 10.3. The Bertz CT molecular complexity index is 1120. The molecule has 3 rings (SSSR count). The smallest absolute Gasteiger partial charge is 0.244 e. The third kappa shape index (κ3) is 5.88. The number of rotatable bonds is 9. The molecule has 33 heavy (non-hydrogen) atoms. The van der Waals surface area contributed by atoms with Crippen molar-refractivity contribution in [2.45, 2.75) is 25.9 Å². The molecule has 0 saturated heterocycles. The van der Waals surface area contributed by atoms with Crippen molar-refractivity contribution in [3.8, 4) is 11.5 Å². The van der Waals surface area contributed by atoms with Gasteiger partial charge in [-0.1, -0.05) is 30.7 Å². The van der Waals surface area contributed by atoms with Crippen molar-refractivity contribution in [1.29, 1.82) is 0 Å². The maximum absolute atomic E-state index is 13.5. The molecule has 0 aromatic heterocycles. The highest BCUT2D eigenvalue weighted by Crippen LogP contribution is 2.36. The van der Waals surface area contributed by atoms with Crippen LogP contribution in [0, 0.1) is 0 Å². The molecule has 0 bridgehead atoms. The number of ether oxygens (including phenoxy) is 2. The van der Waals surface area contributed by atoms with Crippen molar-refractivity contribution in [1.82, 2.24) is 10.2 Å². The summed E-state index contributed by atoms with van der Waals surface area (Å²) in [7, 11) is -2.34. The van der Waals surface area contributed by atoms with Crippen LogP contribution >= 0.6 is 11.6 Å². The zero-order valence-electron chi connectivity index (χ0n) is 18.6. The van der Waals surface area contributed by atoms with Gasteiger partial charge in [0.25, 0.3) is 0 Å². The molecule has 178 valence electrons. The van der Waals surface area contributed by atoms with Gasteiger partial charge in [-0.25, -0.2) is 8.42 Å². The summed E-state index contributed by atoms with van der Waals surface area (Å²) >= 11 is 5.96. The van der Waals surface area contributed by atoms with Crippen LogP contribution < -0.4 is 19.1 Å². The number of nitrogens with one attached hydrogen (secondary N) is 1. The van der Waals surface area contributed by atoms with Crippen LogP contribution in [0.4, 0.5) is 5.69 Å². The average molecular weight is 496 g/mol. The lowest BCUT2D eigenvalue weighted by Crippen LogP contribution is -2.51. The predicted molar refractivity (Wildman–Crippen MR) is 125 cm³/mol. The number of fused-ring (bicyclic) bond motifs is 1. The van der Waals surface area contributed by atoms with E-state index in [2.05, 4.69) is 5.32 Å². The Morgan fingerprint density at radius 3 is 2.39 bits per heavy atom. The van der Waals surface area contributed by atoms with Crippen LogP contribution in [0.2, 0.25) is 5.02 Å². The molecule has 1 heterocycles. The van der Waals surface area contributed by atoms with Crippen LogP contribution in [0.3, 0.4) is 0 Å². The Morgan fingerprint density at radius 2 is 1.79 bits per heavy atom. The molecule has 0 radical (unpaired) electrons. The molecule has 1 atom stereocenters. The van der Waals surface area contributed by atoms with Crippen molar-refractivity contribution in [2.75, 3.05) is 30.9 Å². The van der Waals surface area contributed by atoms with Crippen molar-refractivity contribution >= 4 is 39.1 Å². The molecule has 0 unspecified atom stereocenters. The highest BCUT2D eigenvalue weighted by molar-refractivity contribution is 7.92. The van der Waals surface area contributed by atoms with Gasteiger partial charge in [0.15, 0.2) is 11.5 Å². The number of carbonyl (C=O) groups is 2. The van der Waals surface area contributed by atoms with Crippen LogP contribution in [-0.4, -0.2) is 57.8 Å². The molecular weight excluding hydrogens is 470 g/mol. The monoisotopic (exact) mass is 495 g/mol. The fourth-order valence-corrected chi connectivity index (χ4v) is 4.49. The van der Waals surface area contributed by atoms with E-state index in [4.69, 9.17) is 21.1 Å². The third-order valence-corrected chi connectivity index (χ3v) is 6.61. The van der Waals surface area contributed by atoms with Gasteiger partial charge in [-0.3, -0.25) is 13.9 Å². The number of carbonyl (C=O) groups excluding carboxylic acids is 2. The maximum Gasteiger partial charge on any atom is 0.244 e. The second-order valence-electron chi connectivity index (χ2n) is 7.49. The number of hydrogen-bond donors (Lipinski definition) is 1. The zero-order valence-corrected chi connectivity index (χ0v) is 20.1. The standard InChI is InChI=1S/C22H26ClN3O6S/c1-4-18(22(28)24-2)25(12-15-5-7-16(23)8-6-15)21(27)13-26(33(3,29)30)17-9-10-19-20(11-17)32-14-31-19/h5-11,18H,4,12-14H2,1-3H3,(H,24,28)/t18-/m1/s1. The molecule has 1 N–H and O–H groups in total. The molecule has 0 saturated carbocycles. The van der Waals surface area contributed by atoms with E-state index < -0.39 is 28.5 Å². The summed E-state index contributed by atoms with van der Waals surface area (Å²) < 4.78 is 36.8. The minimum absolute atomic E-state index is 0.0375. The van der Waals surface area contributed by atoms with Gasteiger partial charge in [0.2, 0.25) is 28.6 Å². The van der Waals surface area contributed by atoms with Crippen LogP contribution in [0.15, 0.2) is 42.5 Å². The molecule has 0 spiro atoms. The lowest BCUT2D eigenvalue weighted by Gasteiger charge is -2.32. The van der Waals surface area contributed by atoms with Gasteiger partial charge in [0, 0.05) is 24.7 Å². The molecule has 2 amide bonds. The summed E-state index contributed by atoms with van der Waals surface area (Å²) in [5, 5.41) is 3.12. The predicted octanol–water partition coefficient (Wildman–Crippen LogP) is 2.39. The van der Waals surface area contributed by atoms with Gasteiger partial charge in [-0.2, -0.15) is 0 Å². The topological polar surface area (TPSA) is 105 Å². The molecule has 0 aliphatic carbocycles. The van der Waals surface area contributed by atoms with Crippen LogP contribution in [0.1, 0.15) is 18.9 Å². The summed E-state index contributed by atoms with van der Waals surface area (Å²) in [5.74, 6) is 0.0225. The number of nitrogens with zero attached hydrogens (tertiary/aromatic N) is 2. The number of benzene rings is 2. The number of halogens is 1. The molecule has 11 heteroatoms. The van der Waals surface area contributed by atoms with Crippen molar-refractivity contribution in [3.05, 3.63) is 53.1 Å². The quantitative estimate of drug-likeness (QED) is 0.572. The number of amides is 2. The Morgan fingerprint density at radius 1 is 1.12 bits per heavy atom. The van der Waals surface area contributed by atoms with Gasteiger partial charge in [0.05, 0.1) is 11.9 Å². The minimum atomic E-state index is -3.83. The van der Waals surface area contributed by atoms with Crippen molar-refractivity contribution < 1.29 is 27.5 Å². The molecule has 1 aliphatic heterocycles. The van der Waals surface area contributed by atoms with E-state index in [0.29, 0.717) is 22.9 Å². The van der Waals surface area contributed by atoms with Gasteiger partial charge in [-0.05, 0) is 36.2 Å². The van der Waals surface area contributed by atoms with Crippen molar-refractivity contribution in [2.24, 2.45) is 0 Å². The highest BCUT2D eigenvalue weighted by Gasteiger charge is 2.31. The number of anilines is 1. The first-order chi connectivity index (χ1) is 15.6. The molecule has 9 nitrogen and oxygen atoms in total. The van der Waals surface area contributed by atoms with E-state index >= 15 is 0 Å². The zero-order chi connectivity index (χ0) is 24.2. The molecular formula is C22H26ClN3O6S. The normalized spacial score (nSPS) is 13.3. The van der Waals surface area contributed by atoms with Gasteiger partial charge in [-0.15, -0.1) is 0 Å². The second-order valence-corrected chi connectivity index (χ2v) is 9.84. The van der Waals surface area contributed by atoms with Crippen LogP contribution in [-0.2, 0) is 26.2 Å². The van der Waals surface area contributed by atoms with Gasteiger partial charge < -0.3 is 19.7 Å². The Hall–Kier alpha value is -2.98. The molecule has 1 aliphatic rings. The number of likely N-dealkylation sites (N-methyl/N-ethyl adjacent to an activating group) is 1. The average Bonchev–Trinajstić information content (AvgIpc) is 3.25. The maximum atomic E-state index is 13.5. The fourth-order valence-electron chi connectivity index (χ4n) is 3.53. The minimum Gasteiger partial charge on any atom is -0.454 e. The van der Waals surface area contributed by atoms with E-state index in [0.717, 1.165) is 16.1 Å². The molecule has 2 aromatic carbocycles. The van der Waals surface area contributed by atoms with E-state index in [-0.39, 0.29) is 24.9 Å². The Balaban J connectivity index is 1.93. The summed E-state index contributed by atoms with van der Waals surface area (Å²) in [5.41, 5.74) is 1.01. The summed E-state index contributed by atoms with van der Waals surface area (Å²) in [6.07, 6.45) is 1.37. The summed E-state index contributed by atoms with van der Waals surface area (Å²) in [6.45, 7) is 1.45. The first kappa shape index (κ1) is 24.7. The summed E-state index contributed by atoms with van der Waals surface area (Å²) in [4.78, 5) is 27.4. The molecule has 2 aromatic rings.